The molecular formula is C12H15AlN6. The highest BCUT2D eigenvalue weighted by Gasteiger charge is 2.32. The summed E-state index contributed by atoms with van der Waals surface area (Å²) in [4.78, 5) is 16.0. The topological polar surface area (TPSA) is 78.5 Å². The predicted molar refractivity (Wildman–Crippen MR) is 76.0 cm³/mol. The first kappa shape index (κ1) is 12.5. The molecule has 1 fully saturated rings. The van der Waals surface area contributed by atoms with E-state index in [1.807, 2.05) is 0 Å². The van der Waals surface area contributed by atoms with Gasteiger partial charge in [-0.05, 0) is 25.7 Å². The molecule has 2 aromatic rings. The largest absolute Gasteiger partial charge is 0.461 e. The molecule has 0 aliphatic heterocycles. The molecule has 96 valence electrons. The Hall–Kier alpha value is -1.58. The number of nitrogens with one attached hydrogen (secondary N) is 3. The van der Waals surface area contributed by atoms with Gasteiger partial charge >= 0.3 is 16.5 Å². The van der Waals surface area contributed by atoms with E-state index in [9.17, 15) is 0 Å². The van der Waals surface area contributed by atoms with E-state index in [1.165, 1.54) is 12.8 Å². The van der Waals surface area contributed by atoms with Crippen LogP contribution in [0, 0.1) is 5.92 Å². The van der Waals surface area contributed by atoms with Crippen LogP contribution in [0.2, 0.25) is 0 Å². The van der Waals surface area contributed by atoms with Crippen LogP contribution in [0.15, 0.2) is 18.5 Å². The van der Waals surface area contributed by atoms with Crippen molar-refractivity contribution in [2.75, 3.05) is 9.62 Å². The minimum atomic E-state index is 0.263. The maximum Gasteiger partial charge on any atom is 0.310 e. The van der Waals surface area contributed by atoms with Crippen LogP contribution in [-0.4, -0.2) is 42.5 Å². The third-order valence-electron chi connectivity index (χ3n) is 3.33. The van der Waals surface area contributed by atoms with Gasteiger partial charge in [0.2, 0.25) is 5.95 Å². The summed E-state index contributed by atoms with van der Waals surface area (Å²) in [6.45, 7) is 6.12. The molecule has 3 rings (SSSR count). The quantitative estimate of drug-likeness (QED) is 0.568. The zero-order chi connectivity index (χ0) is 13.4. The van der Waals surface area contributed by atoms with Crippen molar-refractivity contribution in [3.05, 3.63) is 18.5 Å². The summed E-state index contributed by atoms with van der Waals surface area (Å²) in [6.07, 6.45) is 4.12. The van der Waals surface area contributed by atoms with Gasteiger partial charge in [-0.1, -0.05) is 12.2 Å². The van der Waals surface area contributed by atoms with Gasteiger partial charge in [0.15, 0.2) is 11.5 Å². The van der Waals surface area contributed by atoms with Crippen molar-refractivity contribution in [3.8, 4) is 0 Å². The van der Waals surface area contributed by atoms with Crippen molar-refractivity contribution in [1.29, 1.82) is 0 Å². The minimum Gasteiger partial charge on any atom is -0.461 e. The third kappa shape index (κ3) is 2.44. The molecular weight excluding hydrogens is 255 g/mol. The summed E-state index contributed by atoms with van der Waals surface area (Å²) >= 11 is 2.40. The average Bonchev–Trinajstić information content (AvgIpc) is 3.11. The maximum atomic E-state index is 4.46. The first-order valence-corrected chi connectivity index (χ1v) is 6.86. The van der Waals surface area contributed by atoms with E-state index in [0.717, 1.165) is 16.9 Å². The van der Waals surface area contributed by atoms with Crippen LogP contribution in [0.5, 0.6) is 0 Å². The number of fused-ring (bicyclic) bond motifs is 1. The second kappa shape index (κ2) is 4.84. The Morgan fingerprint density at radius 1 is 1.53 bits per heavy atom. The summed E-state index contributed by atoms with van der Waals surface area (Å²) in [5.41, 5.74) is 2.61. The number of hydrogen-bond donors (Lipinski definition) is 3. The second-order valence-electron chi connectivity index (χ2n) is 4.95. The van der Waals surface area contributed by atoms with Gasteiger partial charge in [0.25, 0.3) is 0 Å². The standard InChI is InChI=1S/C12H15N6.Al/c1-6(2)8(7-3-4-7)16-11-9-10(15-5-14-9)17-12(13)18-11;/h5,7-8H,1,3-4H2,2H3,(H3-,13,14,15,16,17,18);/q-1;+1/t8-;/m0./s1. The summed E-state index contributed by atoms with van der Waals surface area (Å²) in [5, 5.41) is 3.47. The van der Waals surface area contributed by atoms with Gasteiger partial charge < -0.3 is 14.6 Å². The number of imidazole rings is 1. The average molecular weight is 270 g/mol. The van der Waals surface area contributed by atoms with Gasteiger partial charge in [-0.2, -0.15) is 9.97 Å². The van der Waals surface area contributed by atoms with Gasteiger partial charge in [0.05, 0.1) is 12.4 Å². The predicted octanol–water partition coefficient (Wildman–Crippen LogP) is 1.61. The maximum absolute atomic E-state index is 4.46. The molecule has 1 atom stereocenters. The lowest BCUT2D eigenvalue weighted by atomic mass is 10.1. The van der Waals surface area contributed by atoms with E-state index >= 15 is 0 Å². The Balaban J connectivity index is 1.98. The van der Waals surface area contributed by atoms with E-state index in [0.29, 0.717) is 17.5 Å². The Kier molecular flexibility index (Phi) is 3.17. The lowest BCUT2D eigenvalue weighted by molar-refractivity contribution is 0.717. The molecule has 3 N–H and O–H groups in total. The first-order chi connectivity index (χ1) is 9.19. The highest BCUT2D eigenvalue weighted by molar-refractivity contribution is 6.15. The van der Waals surface area contributed by atoms with E-state index in [4.69, 9.17) is 0 Å². The van der Waals surface area contributed by atoms with Crippen molar-refractivity contribution in [2.45, 2.75) is 25.8 Å². The van der Waals surface area contributed by atoms with Crippen molar-refractivity contribution < 1.29 is 0 Å². The lowest BCUT2D eigenvalue weighted by Gasteiger charge is -2.19. The molecule has 0 unspecified atom stereocenters. The molecule has 2 radical (unpaired) electrons. The molecule has 6 nitrogen and oxygen atoms in total. The normalized spacial score (nSPS) is 16.3. The molecule has 1 aliphatic carbocycles. The Morgan fingerprint density at radius 2 is 2.32 bits per heavy atom. The molecule has 2 aromatic heterocycles. The number of rotatable bonds is 5. The van der Waals surface area contributed by atoms with Crippen molar-refractivity contribution in [1.82, 2.24) is 19.9 Å². The van der Waals surface area contributed by atoms with E-state index in [1.54, 1.807) is 6.33 Å². The lowest BCUT2D eigenvalue weighted by Crippen LogP contribution is -2.24. The first-order valence-electron chi connectivity index (χ1n) is 6.28. The molecule has 7 heteroatoms. The van der Waals surface area contributed by atoms with Crippen LogP contribution in [0.4, 0.5) is 11.8 Å². The molecule has 0 aromatic carbocycles. The fourth-order valence-corrected chi connectivity index (χ4v) is 2.35. The Morgan fingerprint density at radius 3 is 2.95 bits per heavy atom. The molecule has 19 heavy (non-hydrogen) atoms. The third-order valence-corrected chi connectivity index (χ3v) is 3.59. The van der Waals surface area contributed by atoms with E-state index < -0.39 is 0 Å². The number of aromatic amines is 1. The molecule has 0 spiro atoms. The molecule has 1 saturated carbocycles. The highest BCUT2D eigenvalue weighted by Crippen LogP contribution is 2.37. The number of nitrogens with zero attached hydrogens (tertiary/aromatic N) is 3. The smallest absolute Gasteiger partial charge is 0.310 e. The molecule has 0 amide bonds. The van der Waals surface area contributed by atoms with Gasteiger partial charge in [-0.3, -0.25) is 0 Å². The van der Waals surface area contributed by atoms with Gasteiger partial charge in [0, 0.05) is 0 Å². The van der Waals surface area contributed by atoms with Gasteiger partial charge in [0.1, 0.15) is 5.52 Å². The molecule has 1 aliphatic rings. The van der Waals surface area contributed by atoms with Gasteiger partial charge in [-0.25, -0.2) is 4.98 Å². The zero-order valence-corrected chi connectivity index (χ0v) is 11.9. The summed E-state index contributed by atoms with van der Waals surface area (Å²) in [5.74, 6) is 1.97. The SMILES string of the molecule is C=C(C)[C@H](Nc1nc([NH][Al])nc2nc[nH]c12)C1CC1. The van der Waals surface area contributed by atoms with Crippen LogP contribution in [0.25, 0.3) is 11.2 Å². The highest BCUT2D eigenvalue weighted by atomic mass is 27.1. The van der Waals surface area contributed by atoms with Crippen molar-refractivity contribution >= 4 is 39.4 Å². The van der Waals surface area contributed by atoms with Crippen LogP contribution in [0.3, 0.4) is 0 Å². The van der Waals surface area contributed by atoms with Crippen molar-refractivity contribution in [2.24, 2.45) is 5.92 Å². The fraction of sp³-hybridized carbons (Fsp3) is 0.417. The molecule has 0 bridgehead atoms. The Bertz CT molecular complexity index is 618. The number of anilines is 2. The van der Waals surface area contributed by atoms with Crippen LogP contribution in [0.1, 0.15) is 19.8 Å². The van der Waals surface area contributed by atoms with Crippen LogP contribution >= 0.6 is 0 Å². The minimum absolute atomic E-state index is 0.263. The van der Waals surface area contributed by atoms with E-state index in [2.05, 4.69) is 59.6 Å². The van der Waals surface area contributed by atoms with Gasteiger partial charge in [-0.15, -0.1) is 0 Å². The second-order valence-corrected chi connectivity index (χ2v) is 5.24. The van der Waals surface area contributed by atoms with Crippen LogP contribution in [-0.2, 0) is 0 Å². The molecule has 0 saturated heterocycles. The zero-order valence-electron chi connectivity index (χ0n) is 10.8. The van der Waals surface area contributed by atoms with Crippen molar-refractivity contribution in [3.63, 3.8) is 0 Å². The van der Waals surface area contributed by atoms with Crippen LogP contribution < -0.4 is 9.62 Å². The Labute approximate surface area is 119 Å². The number of hydrogen-bond acceptors (Lipinski definition) is 5. The monoisotopic (exact) mass is 270 g/mol. The summed E-state index contributed by atoms with van der Waals surface area (Å²) < 4.78 is 2.87. The molecule has 2 heterocycles. The van der Waals surface area contributed by atoms with E-state index in [-0.39, 0.29) is 6.04 Å². The number of H-pyrrole nitrogens is 1. The summed E-state index contributed by atoms with van der Waals surface area (Å²) in [6, 6.07) is 0.263. The summed E-state index contributed by atoms with van der Waals surface area (Å²) in [7, 11) is 0. The fourth-order valence-electron chi connectivity index (χ4n) is 2.22. The number of aromatic nitrogens is 4.